The second kappa shape index (κ2) is 11.9. The summed E-state index contributed by atoms with van der Waals surface area (Å²) in [5.74, 6) is 1.73. The Hall–Kier alpha value is -7.63. The highest BCUT2D eigenvalue weighted by molar-refractivity contribution is 6.21. The Morgan fingerprint density at radius 3 is 1.61 bits per heavy atom. The van der Waals surface area contributed by atoms with Gasteiger partial charge in [-0.2, -0.15) is 0 Å². The minimum atomic E-state index is 0.568. The summed E-state index contributed by atoms with van der Waals surface area (Å²) >= 11 is 0. The Morgan fingerprint density at radius 2 is 0.839 bits per heavy atom. The van der Waals surface area contributed by atoms with E-state index in [1.165, 1.54) is 21.5 Å². The molecule has 0 aliphatic heterocycles. The Kier molecular flexibility index (Phi) is 6.56. The van der Waals surface area contributed by atoms with Crippen LogP contribution in [0, 0.1) is 0 Å². The first kappa shape index (κ1) is 30.8. The molecule has 3 aromatic heterocycles. The number of rotatable bonds is 4. The summed E-state index contributed by atoms with van der Waals surface area (Å²) in [7, 11) is 0. The molecule has 0 fully saturated rings. The average molecular weight is 716 g/mol. The van der Waals surface area contributed by atoms with Gasteiger partial charge in [-0.3, -0.25) is 0 Å². The fraction of sp³-hybridized carbons (Fsp3) is 0. The van der Waals surface area contributed by atoms with Crippen LogP contribution >= 0.6 is 0 Å². The number of nitrogens with zero attached hydrogens (tertiary/aromatic N) is 3. The Labute approximate surface area is 320 Å². The highest BCUT2D eigenvalue weighted by atomic mass is 16.3. The maximum atomic E-state index is 6.54. The maximum Gasteiger partial charge on any atom is 0.164 e. The summed E-state index contributed by atoms with van der Waals surface area (Å²) in [4.78, 5) is 15.9. The third-order valence-electron chi connectivity index (χ3n) is 11.1. The van der Waals surface area contributed by atoms with Crippen LogP contribution in [0.3, 0.4) is 0 Å². The van der Waals surface area contributed by atoms with Crippen molar-refractivity contribution in [3.8, 4) is 45.3 Å². The van der Waals surface area contributed by atoms with Gasteiger partial charge in [-0.1, -0.05) is 140 Å². The second-order valence-corrected chi connectivity index (χ2v) is 14.3. The van der Waals surface area contributed by atoms with Gasteiger partial charge >= 0.3 is 0 Å². The van der Waals surface area contributed by atoms with Crippen LogP contribution in [0.25, 0.3) is 121 Å². The summed E-state index contributed by atoms with van der Waals surface area (Å²) in [6, 6.07) is 61.0. The van der Waals surface area contributed by atoms with Crippen LogP contribution < -0.4 is 0 Å². The third kappa shape index (κ3) is 4.71. The van der Waals surface area contributed by atoms with Crippen LogP contribution in [-0.4, -0.2) is 15.0 Å². The zero-order chi connectivity index (χ0) is 36.7. The molecule has 9 aromatic carbocycles. The minimum absolute atomic E-state index is 0.568. The number of furan rings is 2. The molecule has 0 radical (unpaired) electrons. The van der Waals surface area contributed by atoms with Crippen molar-refractivity contribution in [1.82, 2.24) is 15.0 Å². The minimum Gasteiger partial charge on any atom is -0.456 e. The first-order valence-corrected chi connectivity index (χ1v) is 18.8. The SMILES string of the molecule is c1ccc(-c2ccc3c(c2)oc2cccc(-c4nc(-c5ccc6ccc7ccc8ccccc8c7c6c5)nc(-c5cccc6oc7ccccc7c56)n4)c23)cc1. The number of benzene rings is 9. The molecule has 0 N–H and O–H groups in total. The number of para-hydroxylation sites is 1. The van der Waals surface area contributed by atoms with Crippen molar-refractivity contribution in [3.05, 3.63) is 176 Å². The smallest absolute Gasteiger partial charge is 0.164 e. The number of hydrogen-bond acceptors (Lipinski definition) is 5. The van der Waals surface area contributed by atoms with Gasteiger partial charge in [0, 0.05) is 38.2 Å². The van der Waals surface area contributed by atoms with E-state index in [-0.39, 0.29) is 0 Å². The number of hydrogen-bond donors (Lipinski definition) is 0. The van der Waals surface area contributed by atoms with Gasteiger partial charge in [0.25, 0.3) is 0 Å². The molecule has 0 amide bonds. The lowest BCUT2D eigenvalue weighted by Crippen LogP contribution is -2.01. The highest BCUT2D eigenvalue weighted by Crippen LogP contribution is 2.41. The van der Waals surface area contributed by atoms with E-state index < -0.39 is 0 Å². The predicted molar refractivity (Wildman–Crippen MR) is 229 cm³/mol. The lowest BCUT2D eigenvalue weighted by molar-refractivity contribution is 0.668. The average Bonchev–Trinajstić information content (AvgIpc) is 3.84. The monoisotopic (exact) mass is 715 g/mol. The van der Waals surface area contributed by atoms with Crippen LogP contribution in [-0.2, 0) is 0 Å². The molecular weight excluding hydrogens is 687 g/mol. The molecule has 0 saturated heterocycles. The second-order valence-electron chi connectivity index (χ2n) is 14.3. The zero-order valence-electron chi connectivity index (χ0n) is 29.9. The number of aromatic nitrogens is 3. The van der Waals surface area contributed by atoms with E-state index in [0.717, 1.165) is 82.5 Å². The molecule has 260 valence electrons. The molecule has 0 spiro atoms. The van der Waals surface area contributed by atoms with Crippen molar-refractivity contribution < 1.29 is 8.83 Å². The van der Waals surface area contributed by atoms with Crippen LogP contribution in [0.1, 0.15) is 0 Å². The molecule has 12 rings (SSSR count). The third-order valence-corrected chi connectivity index (χ3v) is 11.1. The van der Waals surface area contributed by atoms with Crippen molar-refractivity contribution >= 4 is 76.2 Å². The van der Waals surface area contributed by atoms with Crippen molar-refractivity contribution in [2.75, 3.05) is 0 Å². The lowest BCUT2D eigenvalue weighted by atomic mass is 9.95. The molecule has 0 unspecified atom stereocenters. The summed E-state index contributed by atoms with van der Waals surface area (Å²) in [5.41, 5.74) is 8.09. The van der Waals surface area contributed by atoms with Crippen LogP contribution in [0.15, 0.2) is 185 Å². The topological polar surface area (TPSA) is 65.0 Å². The van der Waals surface area contributed by atoms with Gasteiger partial charge < -0.3 is 8.83 Å². The predicted octanol–water partition coefficient (Wildman–Crippen LogP) is 13.8. The summed E-state index contributed by atoms with van der Waals surface area (Å²) in [5, 5.41) is 11.1. The van der Waals surface area contributed by atoms with Crippen LogP contribution in [0.4, 0.5) is 0 Å². The largest absolute Gasteiger partial charge is 0.456 e. The molecule has 0 aliphatic rings. The quantitative estimate of drug-likeness (QED) is 0.170. The molecule has 56 heavy (non-hydrogen) atoms. The van der Waals surface area contributed by atoms with Crippen molar-refractivity contribution in [2.24, 2.45) is 0 Å². The Balaban J connectivity index is 1.13. The molecule has 5 heteroatoms. The zero-order valence-corrected chi connectivity index (χ0v) is 29.9. The van der Waals surface area contributed by atoms with Crippen molar-refractivity contribution in [1.29, 1.82) is 0 Å². The molecule has 12 aromatic rings. The fourth-order valence-corrected chi connectivity index (χ4v) is 8.49. The van der Waals surface area contributed by atoms with Gasteiger partial charge in [0.2, 0.25) is 0 Å². The summed E-state index contributed by atoms with van der Waals surface area (Å²) in [6.45, 7) is 0. The van der Waals surface area contributed by atoms with Crippen molar-refractivity contribution in [3.63, 3.8) is 0 Å². The summed E-state index contributed by atoms with van der Waals surface area (Å²) in [6.07, 6.45) is 0. The lowest BCUT2D eigenvalue weighted by Gasteiger charge is -2.12. The Morgan fingerprint density at radius 1 is 0.286 bits per heavy atom. The van der Waals surface area contributed by atoms with E-state index in [0.29, 0.717) is 17.5 Å². The van der Waals surface area contributed by atoms with E-state index in [2.05, 4.69) is 127 Å². The van der Waals surface area contributed by atoms with E-state index in [1.54, 1.807) is 0 Å². The molecule has 5 nitrogen and oxygen atoms in total. The van der Waals surface area contributed by atoms with Gasteiger partial charge in [-0.15, -0.1) is 0 Å². The molecule has 0 atom stereocenters. The van der Waals surface area contributed by atoms with E-state index in [9.17, 15) is 0 Å². The molecule has 0 saturated carbocycles. The van der Waals surface area contributed by atoms with Crippen LogP contribution in [0.5, 0.6) is 0 Å². The fourth-order valence-electron chi connectivity index (χ4n) is 8.49. The highest BCUT2D eigenvalue weighted by Gasteiger charge is 2.21. The maximum absolute atomic E-state index is 6.54. The van der Waals surface area contributed by atoms with Gasteiger partial charge in [-0.05, 0) is 79.8 Å². The molecule has 0 bridgehead atoms. The van der Waals surface area contributed by atoms with Crippen molar-refractivity contribution in [2.45, 2.75) is 0 Å². The Bertz CT molecular complexity index is 3540. The van der Waals surface area contributed by atoms with Gasteiger partial charge in [-0.25, -0.2) is 15.0 Å². The van der Waals surface area contributed by atoms with E-state index >= 15 is 0 Å². The van der Waals surface area contributed by atoms with Crippen LogP contribution in [0.2, 0.25) is 0 Å². The summed E-state index contributed by atoms with van der Waals surface area (Å²) < 4.78 is 12.9. The molecular formula is C51H29N3O2. The molecule has 3 heterocycles. The first-order chi connectivity index (χ1) is 27.7. The number of fused-ring (bicyclic) bond motifs is 11. The van der Waals surface area contributed by atoms with Gasteiger partial charge in [0.05, 0.1) is 0 Å². The molecule has 0 aliphatic carbocycles. The standard InChI is InChI=1S/C51H29N3O2/c1-2-10-30(11-3-1)34-26-27-38-45(29-34)56-44-19-9-16-40(48(38)44)51-53-49(52-50(54-51)39-15-8-18-43-47(39)37-14-6-7-17-42(37)55-43)35-25-22-32-21-24-33-23-20-31-12-4-5-13-36(31)46(33)41(32)28-35/h1-29H. The van der Waals surface area contributed by atoms with E-state index in [1.807, 2.05) is 48.5 Å². The van der Waals surface area contributed by atoms with E-state index in [4.69, 9.17) is 23.8 Å². The van der Waals surface area contributed by atoms with Gasteiger partial charge in [0.1, 0.15) is 22.3 Å². The normalized spacial score (nSPS) is 11.9. The first-order valence-electron chi connectivity index (χ1n) is 18.8. The van der Waals surface area contributed by atoms with Gasteiger partial charge in [0.15, 0.2) is 17.5 Å².